The van der Waals surface area contributed by atoms with E-state index in [1.165, 1.54) is 18.2 Å². The SMILES string of the molecule is COC(=O)c1cc2c(cc1C1=NC(C)(C(C)C)C(=O)N1)CCCC2. The first-order chi connectivity index (χ1) is 11.4. The summed E-state index contributed by atoms with van der Waals surface area (Å²) in [7, 11) is 1.37. The highest BCUT2D eigenvalue weighted by atomic mass is 16.5. The van der Waals surface area contributed by atoms with Crippen LogP contribution in [0.4, 0.5) is 0 Å². The summed E-state index contributed by atoms with van der Waals surface area (Å²) < 4.78 is 4.95. The average Bonchev–Trinajstić information content (AvgIpc) is 2.89. The molecule has 1 unspecified atom stereocenters. The van der Waals surface area contributed by atoms with Crippen molar-refractivity contribution in [3.63, 3.8) is 0 Å². The number of rotatable bonds is 3. The van der Waals surface area contributed by atoms with Gasteiger partial charge in [-0.2, -0.15) is 0 Å². The summed E-state index contributed by atoms with van der Waals surface area (Å²) in [5.74, 6) is 0.0219. The first-order valence-electron chi connectivity index (χ1n) is 8.52. The maximum absolute atomic E-state index is 12.4. The molecule has 5 nitrogen and oxygen atoms in total. The Balaban J connectivity index is 2.13. The third-order valence-corrected chi connectivity index (χ3v) is 5.30. The van der Waals surface area contributed by atoms with Crippen LogP contribution in [0.1, 0.15) is 60.7 Å². The van der Waals surface area contributed by atoms with Gasteiger partial charge in [0.2, 0.25) is 0 Å². The van der Waals surface area contributed by atoms with Crippen molar-refractivity contribution in [1.82, 2.24) is 5.32 Å². The third-order valence-electron chi connectivity index (χ3n) is 5.30. The Labute approximate surface area is 142 Å². The Morgan fingerprint density at radius 1 is 1.25 bits per heavy atom. The standard InChI is InChI=1S/C19H24N2O3/c1-11(2)19(3)18(23)20-16(21-19)14-9-12-7-5-6-8-13(12)10-15(14)17(22)24-4/h9-11H,5-8H2,1-4H3,(H,20,21,23). The van der Waals surface area contributed by atoms with Gasteiger partial charge in [-0.15, -0.1) is 0 Å². The zero-order valence-corrected chi connectivity index (χ0v) is 14.7. The van der Waals surface area contributed by atoms with Crippen LogP contribution in [0.15, 0.2) is 17.1 Å². The molecule has 1 amide bonds. The maximum Gasteiger partial charge on any atom is 0.338 e. The van der Waals surface area contributed by atoms with E-state index >= 15 is 0 Å². The van der Waals surface area contributed by atoms with Crippen molar-refractivity contribution in [1.29, 1.82) is 0 Å². The molecule has 1 aliphatic heterocycles. The topological polar surface area (TPSA) is 67.8 Å². The van der Waals surface area contributed by atoms with Crippen LogP contribution in [0, 0.1) is 5.92 Å². The molecule has 1 N–H and O–H groups in total. The minimum Gasteiger partial charge on any atom is -0.465 e. The number of hydrogen-bond donors (Lipinski definition) is 1. The lowest BCUT2D eigenvalue weighted by molar-refractivity contribution is -0.124. The van der Waals surface area contributed by atoms with E-state index in [2.05, 4.69) is 10.3 Å². The second-order valence-corrected chi connectivity index (χ2v) is 7.08. The van der Waals surface area contributed by atoms with Gasteiger partial charge in [-0.1, -0.05) is 13.8 Å². The highest BCUT2D eigenvalue weighted by Gasteiger charge is 2.42. The Morgan fingerprint density at radius 3 is 2.42 bits per heavy atom. The molecular weight excluding hydrogens is 304 g/mol. The van der Waals surface area contributed by atoms with Gasteiger partial charge in [0.25, 0.3) is 5.91 Å². The molecule has 1 atom stereocenters. The fourth-order valence-electron chi connectivity index (χ4n) is 3.32. The van der Waals surface area contributed by atoms with Crippen molar-refractivity contribution in [2.24, 2.45) is 10.9 Å². The highest BCUT2D eigenvalue weighted by Crippen LogP contribution is 2.30. The van der Waals surface area contributed by atoms with E-state index in [9.17, 15) is 9.59 Å². The van der Waals surface area contributed by atoms with Gasteiger partial charge in [-0.25, -0.2) is 4.79 Å². The number of nitrogens with zero attached hydrogens (tertiary/aromatic N) is 1. The summed E-state index contributed by atoms with van der Waals surface area (Å²) in [5, 5.41) is 2.87. The van der Waals surface area contributed by atoms with Crippen molar-refractivity contribution < 1.29 is 14.3 Å². The van der Waals surface area contributed by atoms with Crippen LogP contribution in [0.5, 0.6) is 0 Å². The molecule has 0 aromatic heterocycles. The molecule has 3 rings (SSSR count). The summed E-state index contributed by atoms with van der Waals surface area (Å²) >= 11 is 0. The van der Waals surface area contributed by atoms with Gasteiger partial charge in [0.1, 0.15) is 11.4 Å². The number of amidine groups is 1. The van der Waals surface area contributed by atoms with E-state index in [-0.39, 0.29) is 11.8 Å². The Morgan fingerprint density at radius 2 is 1.88 bits per heavy atom. The molecule has 1 aromatic rings. The van der Waals surface area contributed by atoms with Crippen LogP contribution in [0.25, 0.3) is 0 Å². The lowest BCUT2D eigenvalue weighted by Gasteiger charge is -2.21. The number of carbonyl (C=O) groups excluding carboxylic acids is 2. The van der Waals surface area contributed by atoms with Crippen LogP contribution in [-0.2, 0) is 22.4 Å². The number of aliphatic imine (C=N–C) groups is 1. The van der Waals surface area contributed by atoms with E-state index in [1.54, 1.807) is 0 Å². The molecule has 24 heavy (non-hydrogen) atoms. The van der Waals surface area contributed by atoms with E-state index < -0.39 is 11.5 Å². The van der Waals surface area contributed by atoms with Crippen molar-refractivity contribution in [3.8, 4) is 0 Å². The zero-order chi connectivity index (χ0) is 17.5. The van der Waals surface area contributed by atoms with E-state index in [1.807, 2.05) is 32.9 Å². The molecule has 2 aliphatic rings. The predicted molar refractivity (Wildman–Crippen MR) is 92.3 cm³/mol. The number of hydrogen-bond acceptors (Lipinski definition) is 4. The first-order valence-corrected chi connectivity index (χ1v) is 8.52. The number of aryl methyl sites for hydroxylation is 2. The lowest BCUT2D eigenvalue weighted by Crippen LogP contribution is -2.41. The monoisotopic (exact) mass is 328 g/mol. The fraction of sp³-hybridized carbons (Fsp3) is 0.526. The van der Waals surface area contributed by atoms with Crippen LogP contribution in [-0.4, -0.2) is 30.4 Å². The molecule has 128 valence electrons. The molecule has 0 radical (unpaired) electrons. The molecule has 5 heteroatoms. The normalized spacial score (nSPS) is 22.9. The van der Waals surface area contributed by atoms with Crippen molar-refractivity contribution in [3.05, 3.63) is 34.4 Å². The molecule has 0 saturated carbocycles. The minimum atomic E-state index is -0.807. The van der Waals surface area contributed by atoms with E-state index in [4.69, 9.17) is 4.74 Å². The molecule has 0 bridgehead atoms. The summed E-state index contributed by atoms with van der Waals surface area (Å²) in [4.78, 5) is 29.3. The van der Waals surface area contributed by atoms with Crippen LogP contribution >= 0.6 is 0 Å². The predicted octanol–water partition coefficient (Wildman–Crippen LogP) is 2.64. The van der Waals surface area contributed by atoms with E-state index in [0.717, 1.165) is 25.7 Å². The molecule has 0 spiro atoms. The number of esters is 1. The summed E-state index contributed by atoms with van der Waals surface area (Å²) in [6.07, 6.45) is 4.25. The number of fused-ring (bicyclic) bond motifs is 1. The van der Waals surface area contributed by atoms with Gasteiger partial charge >= 0.3 is 5.97 Å². The van der Waals surface area contributed by atoms with E-state index in [0.29, 0.717) is 17.0 Å². The summed E-state index contributed by atoms with van der Waals surface area (Å²) in [6, 6.07) is 3.92. The summed E-state index contributed by atoms with van der Waals surface area (Å²) in [5.41, 5.74) is 2.77. The minimum absolute atomic E-state index is 0.0641. The lowest BCUT2D eigenvalue weighted by atomic mass is 9.87. The average molecular weight is 328 g/mol. The number of nitrogens with one attached hydrogen (secondary N) is 1. The maximum atomic E-state index is 12.4. The largest absolute Gasteiger partial charge is 0.465 e. The fourth-order valence-corrected chi connectivity index (χ4v) is 3.32. The number of amides is 1. The molecular formula is C19H24N2O3. The van der Waals surface area contributed by atoms with Gasteiger partial charge in [0.05, 0.1) is 12.7 Å². The van der Waals surface area contributed by atoms with Crippen molar-refractivity contribution >= 4 is 17.7 Å². The molecule has 1 aliphatic carbocycles. The van der Waals surface area contributed by atoms with Gasteiger partial charge in [0, 0.05) is 5.56 Å². The number of benzene rings is 1. The molecule has 0 fully saturated rings. The quantitative estimate of drug-likeness (QED) is 0.867. The van der Waals surface area contributed by atoms with Crippen molar-refractivity contribution in [2.45, 2.75) is 52.0 Å². The van der Waals surface area contributed by atoms with Gasteiger partial charge in [-0.3, -0.25) is 9.79 Å². The Hall–Kier alpha value is -2.17. The van der Waals surface area contributed by atoms with Crippen LogP contribution < -0.4 is 5.32 Å². The number of ether oxygens (including phenoxy) is 1. The highest BCUT2D eigenvalue weighted by molar-refractivity contribution is 6.18. The summed E-state index contributed by atoms with van der Waals surface area (Å²) in [6.45, 7) is 5.77. The zero-order valence-electron chi connectivity index (χ0n) is 14.7. The molecule has 1 heterocycles. The van der Waals surface area contributed by atoms with Gasteiger partial charge in [-0.05, 0) is 61.8 Å². The van der Waals surface area contributed by atoms with Crippen molar-refractivity contribution in [2.75, 3.05) is 7.11 Å². The van der Waals surface area contributed by atoms with Crippen LogP contribution in [0.3, 0.4) is 0 Å². The van der Waals surface area contributed by atoms with Gasteiger partial charge in [0.15, 0.2) is 0 Å². The van der Waals surface area contributed by atoms with Crippen LogP contribution in [0.2, 0.25) is 0 Å². The number of carbonyl (C=O) groups is 2. The second-order valence-electron chi connectivity index (χ2n) is 7.08. The molecule has 0 saturated heterocycles. The first kappa shape index (κ1) is 16.7. The smallest absolute Gasteiger partial charge is 0.338 e. The third kappa shape index (κ3) is 2.62. The van der Waals surface area contributed by atoms with Gasteiger partial charge < -0.3 is 10.1 Å². The Kier molecular flexibility index (Phi) is 4.20. The molecule has 1 aromatic carbocycles. The number of methoxy groups -OCH3 is 1. The second kappa shape index (κ2) is 6.04. The Bertz CT molecular complexity index is 736.